The van der Waals surface area contributed by atoms with Gasteiger partial charge in [-0.2, -0.15) is 0 Å². The predicted molar refractivity (Wildman–Crippen MR) is 59.4 cm³/mol. The van der Waals surface area contributed by atoms with Gasteiger partial charge >= 0.3 is 14.8 Å². The van der Waals surface area contributed by atoms with E-state index >= 15 is 0 Å². The first-order chi connectivity index (χ1) is 7.38. The van der Waals surface area contributed by atoms with E-state index in [1.807, 2.05) is 24.3 Å². The maximum absolute atomic E-state index is 5.82. The molecule has 0 atom stereocenters. The van der Waals surface area contributed by atoms with Crippen LogP contribution in [-0.4, -0.2) is 28.5 Å². The summed E-state index contributed by atoms with van der Waals surface area (Å²) in [7, 11) is 1.66. The molecule has 0 bridgehead atoms. The van der Waals surface area contributed by atoms with E-state index in [9.17, 15) is 0 Å². The quantitative estimate of drug-likeness (QED) is 0.735. The van der Waals surface area contributed by atoms with E-state index in [0.29, 0.717) is 0 Å². The van der Waals surface area contributed by atoms with Crippen LogP contribution in [0.5, 0.6) is 11.5 Å². The summed E-state index contributed by atoms with van der Waals surface area (Å²) in [6, 6.07) is 7.69. The van der Waals surface area contributed by atoms with Crippen LogP contribution in [0.4, 0.5) is 0 Å². The molecule has 0 aliphatic carbocycles. The Labute approximate surface area is 95.0 Å². The molecular formula is C11H15AlO3. The van der Waals surface area contributed by atoms with Crippen LogP contribution < -0.4 is 8.53 Å². The Morgan fingerprint density at radius 1 is 1.13 bits per heavy atom. The highest BCUT2D eigenvalue weighted by Crippen LogP contribution is 2.20. The first kappa shape index (κ1) is 10.8. The van der Waals surface area contributed by atoms with Crippen molar-refractivity contribution in [2.45, 2.75) is 18.1 Å². The molecule has 4 heteroatoms. The normalized spacial score (nSPS) is 16.2. The van der Waals surface area contributed by atoms with Gasteiger partial charge in [-0.3, -0.25) is 0 Å². The van der Waals surface area contributed by atoms with Crippen LogP contribution in [-0.2, 0) is 3.79 Å². The van der Waals surface area contributed by atoms with Gasteiger partial charge < -0.3 is 12.3 Å². The third-order valence-corrected chi connectivity index (χ3v) is 4.49. The van der Waals surface area contributed by atoms with E-state index in [0.717, 1.165) is 23.4 Å². The molecule has 1 aliphatic rings. The van der Waals surface area contributed by atoms with E-state index < -0.39 is 14.8 Å². The Bertz CT molecular complexity index is 293. The molecule has 15 heavy (non-hydrogen) atoms. The lowest BCUT2D eigenvalue weighted by Gasteiger charge is -2.19. The highest BCUT2D eigenvalue weighted by Gasteiger charge is 2.30. The van der Waals surface area contributed by atoms with Gasteiger partial charge in [0.2, 0.25) is 0 Å². The fourth-order valence-electron chi connectivity index (χ4n) is 1.61. The highest BCUT2D eigenvalue weighted by atomic mass is 27.2. The van der Waals surface area contributed by atoms with Crippen molar-refractivity contribution in [3.8, 4) is 11.5 Å². The van der Waals surface area contributed by atoms with E-state index in [2.05, 4.69) is 0 Å². The lowest BCUT2D eigenvalue weighted by molar-refractivity contribution is 0.236. The Kier molecular flexibility index (Phi) is 3.90. The average molecular weight is 222 g/mol. The lowest BCUT2D eigenvalue weighted by atomic mass is 10.3. The first-order valence-electron chi connectivity index (χ1n) is 5.31. The molecule has 0 saturated carbocycles. The summed E-state index contributed by atoms with van der Waals surface area (Å²) in [5, 5.41) is 1.12. The third-order valence-electron chi connectivity index (χ3n) is 2.46. The van der Waals surface area contributed by atoms with Crippen LogP contribution in [0.15, 0.2) is 24.3 Å². The maximum atomic E-state index is 5.82. The monoisotopic (exact) mass is 222 g/mol. The van der Waals surface area contributed by atoms with Crippen LogP contribution in [0, 0.1) is 0 Å². The summed E-state index contributed by atoms with van der Waals surface area (Å²) >= 11 is -1.42. The zero-order chi connectivity index (χ0) is 10.5. The molecule has 80 valence electrons. The van der Waals surface area contributed by atoms with Gasteiger partial charge in [0.25, 0.3) is 0 Å². The molecular weight excluding hydrogens is 207 g/mol. The molecule has 0 amide bonds. The second-order valence-corrected chi connectivity index (χ2v) is 5.60. The number of methoxy groups -OCH3 is 1. The van der Waals surface area contributed by atoms with Gasteiger partial charge in [0.05, 0.1) is 12.9 Å². The second-order valence-electron chi connectivity index (χ2n) is 3.59. The molecule has 0 radical (unpaired) electrons. The molecule has 1 aliphatic heterocycles. The summed E-state index contributed by atoms with van der Waals surface area (Å²) in [6.45, 7) is 0.868. The standard InChI is InChI=1S/C7H8O2.C4H8O.Al/c1-9-7-4-2-6(8)3-5-7;1-2-3-4-5;/h2-5,8H,1H3;1-4H2;/q;-1;+2/p-1. The van der Waals surface area contributed by atoms with Crippen molar-refractivity contribution < 1.29 is 12.3 Å². The van der Waals surface area contributed by atoms with Crippen LogP contribution >= 0.6 is 0 Å². The van der Waals surface area contributed by atoms with Gasteiger partial charge in [-0.25, -0.2) is 0 Å². The van der Waals surface area contributed by atoms with Gasteiger partial charge in [0.15, 0.2) is 0 Å². The zero-order valence-corrected chi connectivity index (χ0v) is 10.1. The summed E-state index contributed by atoms with van der Waals surface area (Å²) in [6.07, 6.45) is 2.42. The molecule has 0 aromatic heterocycles. The minimum Gasteiger partial charge on any atom is -0.622 e. The minimum absolute atomic E-state index is 0.855. The average Bonchev–Trinajstić information content (AvgIpc) is 2.31. The van der Waals surface area contributed by atoms with Crippen molar-refractivity contribution in [1.29, 1.82) is 0 Å². The van der Waals surface area contributed by atoms with Crippen LogP contribution in [0.2, 0.25) is 5.28 Å². The summed E-state index contributed by atoms with van der Waals surface area (Å²) < 4.78 is 16.5. The minimum atomic E-state index is -1.42. The Morgan fingerprint density at radius 2 is 1.87 bits per heavy atom. The topological polar surface area (TPSA) is 27.7 Å². The third kappa shape index (κ3) is 3.13. The summed E-state index contributed by atoms with van der Waals surface area (Å²) in [5.41, 5.74) is 0. The Hall–Kier alpha value is -0.688. The highest BCUT2D eigenvalue weighted by molar-refractivity contribution is 6.45. The first-order valence-corrected chi connectivity index (χ1v) is 7.07. The van der Waals surface area contributed by atoms with E-state index in [1.165, 1.54) is 12.8 Å². The van der Waals surface area contributed by atoms with E-state index in [4.69, 9.17) is 12.3 Å². The molecule has 1 heterocycles. The van der Waals surface area contributed by atoms with E-state index in [1.54, 1.807) is 7.11 Å². The molecule has 0 unspecified atom stereocenters. The molecule has 1 fully saturated rings. The van der Waals surface area contributed by atoms with E-state index in [-0.39, 0.29) is 0 Å². The number of rotatable bonds is 3. The Balaban J connectivity index is 1.91. The molecule has 1 saturated heterocycles. The van der Waals surface area contributed by atoms with Crippen LogP contribution in [0.1, 0.15) is 12.8 Å². The maximum Gasteiger partial charge on any atom is 0.765 e. The Morgan fingerprint density at radius 3 is 2.47 bits per heavy atom. The number of hydrogen-bond acceptors (Lipinski definition) is 3. The van der Waals surface area contributed by atoms with Crippen molar-refractivity contribution in [3.63, 3.8) is 0 Å². The van der Waals surface area contributed by atoms with Crippen molar-refractivity contribution in [3.05, 3.63) is 24.3 Å². The number of hydrogen-bond donors (Lipinski definition) is 0. The fraction of sp³-hybridized carbons (Fsp3) is 0.455. The predicted octanol–water partition coefficient (Wildman–Crippen LogP) is 2.37. The van der Waals surface area contributed by atoms with Crippen molar-refractivity contribution in [2.75, 3.05) is 13.7 Å². The van der Waals surface area contributed by atoms with Gasteiger partial charge in [0, 0.05) is 6.61 Å². The second kappa shape index (κ2) is 5.41. The lowest BCUT2D eigenvalue weighted by Crippen LogP contribution is -2.29. The van der Waals surface area contributed by atoms with Gasteiger partial charge in [-0.05, 0) is 36.0 Å². The largest absolute Gasteiger partial charge is 0.765 e. The SMILES string of the molecule is COc1ccc([O][Al]2[CH2]CCC[O]2)cc1. The fourth-order valence-corrected chi connectivity index (χ4v) is 3.48. The smallest absolute Gasteiger partial charge is 0.622 e. The molecule has 2 rings (SSSR count). The number of ether oxygens (including phenoxy) is 1. The molecule has 1 aromatic carbocycles. The molecule has 3 nitrogen and oxygen atoms in total. The van der Waals surface area contributed by atoms with Gasteiger partial charge in [-0.15, -0.1) is 0 Å². The van der Waals surface area contributed by atoms with Crippen molar-refractivity contribution in [2.24, 2.45) is 0 Å². The molecule has 0 spiro atoms. The summed E-state index contributed by atoms with van der Waals surface area (Å²) in [4.78, 5) is 0. The van der Waals surface area contributed by atoms with Crippen LogP contribution in [0.3, 0.4) is 0 Å². The van der Waals surface area contributed by atoms with Crippen LogP contribution in [0.25, 0.3) is 0 Å². The summed E-state index contributed by atoms with van der Waals surface area (Å²) in [5.74, 6) is 1.75. The van der Waals surface area contributed by atoms with Crippen molar-refractivity contribution in [1.82, 2.24) is 0 Å². The molecule has 0 N–H and O–H groups in total. The number of benzene rings is 1. The van der Waals surface area contributed by atoms with Crippen molar-refractivity contribution >= 4 is 14.8 Å². The molecule has 1 aromatic rings. The van der Waals surface area contributed by atoms with Gasteiger partial charge in [-0.1, -0.05) is 6.42 Å². The zero-order valence-electron chi connectivity index (χ0n) is 8.94. The van der Waals surface area contributed by atoms with Gasteiger partial charge in [0.1, 0.15) is 5.75 Å².